The van der Waals surface area contributed by atoms with Crippen molar-refractivity contribution in [2.45, 2.75) is 52.2 Å². The number of benzene rings is 2. The number of anilines is 1. The zero-order chi connectivity index (χ0) is 26.6. The highest BCUT2D eigenvalue weighted by Gasteiger charge is 2.37. The van der Waals surface area contributed by atoms with Crippen LogP contribution in [0.5, 0.6) is 5.75 Å². The van der Waals surface area contributed by atoms with Crippen LogP contribution >= 0.6 is 0 Å². The van der Waals surface area contributed by atoms with Crippen molar-refractivity contribution in [2.24, 2.45) is 7.05 Å². The fourth-order valence-electron chi connectivity index (χ4n) is 4.22. The minimum absolute atomic E-state index is 0.105. The average Bonchev–Trinajstić information content (AvgIpc) is 3.49. The van der Waals surface area contributed by atoms with Gasteiger partial charge in [0.15, 0.2) is 6.04 Å². The summed E-state index contributed by atoms with van der Waals surface area (Å²) in [5.74, 6) is -0.0845. The number of hydrogen-bond donors (Lipinski definition) is 1. The highest BCUT2D eigenvalue weighted by molar-refractivity contribution is 6.02. The first-order valence-corrected chi connectivity index (χ1v) is 12.5. The number of aryl methyl sites for hydroxylation is 1. The molecule has 0 aliphatic heterocycles. The van der Waals surface area contributed by atoms with E-state index in [0.717, 1.165) is 11.9 Å². The summed E-state index contributed by atoms with van der Waals surface area (Å²) in [6.45, 7) is 8.14. The highest BCUT2D eigenvalue weighted by atomic mass is 16.5. The number of carbonyl (C=O) groups excluding carboxylic acids is 2. The van der Waals surface area contributed by atoms with Crippen molar-refractivity contribution in [3.05, 3.63) is 72.6 Å². The molecule has 2 aromatic carbocycles. The van der Waals surface area contributed by atoms with Crippen LogP contribution in [0.4, 0.5) is 5.69 Å². The number of para-hydroxylation sites is 3. The van der Waals surface area contributed by atoms with Gasteiger partial charge in [0.05, 0.1) is 23.5 Å². The molecule has 9 heteroatoms. The Kier molecular flexibility index (Phi) is 7.61. The van der Waals surface area contributed by atoms with Gasteiger partial charge in [-0.2, -0.15) is 0 Å². The molecule has 1 N–H and O–H groups in total. The van der Waals surface area contributed by atoms with Crippen molar-refractivity contribution in [1.29, 1.82) is 0 Å². The Labute approximate surface area is 217 Å². The van der Waals surface area contributed by atoms with Crippen LogP contribution < -0.4 is 15.0 Å². The van der Waals surface area contributed by atoms with Crippen LogP contribution in [0.2, 0.25) is 0 Å². The molecule has 0 aliphatic carbocycles. The average molecular weight is 503 g/mol. The SMILES string of the molecule is CCOc1ccccc1N(C(=O)Cn1nnc2ccccc21)[C@H](C(=O)NC(C)(C)CC)c1cccn1C. The van der Waals surface area contributed by atoms with Gasteiger partial charge >= 0.3 is 0 Å². The lowest BCUT2D eigenvalue weighted by molar-refractivity contribution is -0.128. The number of fused-ring (bicyclic) bond motifs is 1. The number of nitrogens with zero attached hydrogens (tertiary/aromatic N) is 5. The van der Waals surface area contributed by atoms with E-state index in [1.165, 1.54) is 4.90 Å². The number of rotatable bonds is 10. The number of amides is 2. The smallest absolute Gasteiger partial charge is 0.249 e. The van der Waals surface area contributed by atoms with Crippen molar-refractivity contribution in [3.8, 4) is 5.75 Å². The third kappa shape index (κ3) is 5.50. The Balaban J connectivity index is 1.86. The molecule has 2 aromatic heterocycles. The van der Waals surface area contributed by atoms with Crippen molar-refractivity contribution >= 4 is 28.5 Å². The molecule has 0 unspecified atom stereocenters. The molecule has 0 fully saturated rings. The molecule has 37 heavy (non-hydrogen) atoms. The van der Waals surface area contributed by atoms with Crippen molar-refractivity contribution in [2.75, 3.05) is 11.5 Å². The van der Waals surface area contributed by atoms with Gasteiger partial charge in [0.1, 0.15) is 17.8 Å². The molecule has 9 nitrogen and oxygen atoms in total. The summed E-state index contributed by atoms with van der Waals surface area (Å²) >= 11 is 0. The monoisotopic (exact) mass is 502 g/mol. The topological polar surface area (TPSA) is 94.3 Å². The Morgan fingerprint density at radius 2 is 1.78 bits per heavy atom. The van der Waals surface area contributed by atoms with Crippen LogP contribution in [0.15, 0.2) is 66.9 Å². The fourth-order valence-corrected chi connectivity index (χ4v) is 4.22. The molecule has 1 atom stereocenters. The van der Waals surface area contributed by atoms with E-state index >= 15 is 0 Å². The summed E-state index contributed by atoms with van der Waals surface area (Å²) in [6.07, 6.45) is 2.59. The van der Waals surface area contributed by atoms with Gasteiger partial charge in [0.2, 0.25) is 11.8 Å². The summed E-state index contributed by atoms with van der Waals surface area (Å²) in [7, 11) is 1.86. The summed E-state index contributed by atoms with van der Waals surface area (Å²) in [6, 6.07) is 17.5. The highest BCUT2D eigenvalue weighted by Crippen LogP contribution is 2.36. The minimum Gasteiger partial charge on any atom is -0.492 e. The lowest BCUT2D eigenvalue weighted by atomic mass is 10.00. The van der Waals surface area contributed by atoms with Gasteiger partial charge in [-0.25, -0.2) is 4.68 Å². The second-order valence-electron chi connectivity index (χ2n) is 9.57. The van der Waals surface area contributed by atoms with Crippen LogP contribution in [0.3, 0.4) is 0 Å². The molecule has 0 bridgehead atoms. The van der Waals surface area contributed by atoms with Crippen LogP contribution in [-0.2, 0) is 23.2 Å². The molecular weight excluding hydrogens is 468 g/mol. The van der Waals surface area contributed by atoms with Gasteiger partial charge in [-0.1, -0.05) is 36.4 Å². The maximum absolute atomic E-state index is 14.2. The molecule has 0 saturated carbocycles. The van der Waals surface area contributed by atoms with Gasteiger partial charge in [0, 0.05) is 18.8 Å². The van der Waals surface area contributed by atoms with Crippen molar-refractivity contribution in [3.63, 3.8) is 0 Å². The van der Waals surface area contributed by atoms with Crippen LogP contribution in [0.1, 0.15) is 45.9 Å². The van der Waals surface area contributed by atoms with E-state index in [0.29, 0.717) is 29.3 Å². The Morgan fingerprint density at radius 3 is 2.49 bits per heavy atom. The van der Waals surface area contributed by atoms with Crippen LogP contribution in [0.25, 0.3) is 11.0 Å². The van der Waals surface area contributed by atoms with E-state index < -0.39 is 11.6 Å². The predicted molar refractivity (Wildman–Crippen MR) is 143 cm³/mol. The van der Waals surface area contributed by atoms with Crippen LogP contribution in [-0.4, -0.2) is 43.5 Å². The molecule has 4 aromatic rings. The number of ether oxygens (including phenoxy) is 1. The van der Waals surface area contributed by atoms with E-state index in [9.17, 15) is 9.59 Å². The molecular formula is C28H34N6O3. The fraction of sp³-hybridized carbons (Fsp3) is 0.357. The maximum Gasteiger partial charge on any atom is 0.249 e. The first kappa shape index (κ1) is 25.9. The first-order valence-electron chi connectivity index (χ1n) is 12.5. The second kappa shape index (κ2) is 10.9. The second-order valence-corrected chi connectivity index (χ2v) is 9.57. The molecule has 194 valence electrons. The standard InChI is InChI=1S/C28H34N6O3/c1-6-28(3,4)29-27(36)26(23-16-12-18-32(23)5)34(22-15-10-11-17-24(22)37-7-2)25(35)19-33-21-14-9-8-13-20(21)30-31-33/h8-18,26H,6-7,19H2,1-5H3,(H,29,36)/t26-/m0/s1. The number of aromatic nitrogens is 4. The molecule has 2 amide bonds. The third-order valence-electron chi connectivity index (χ3n) is 6.51. The predicted octanol–water partition coefficient (Wildman–Crippen LogP) is 4.25. The zero-order valence-corrected chi connectivity index (χ0v) is 22.0. The quantitative estimate of drug-likeness (QED) is 0.350. The summed E-state index contributed by atoms with van der Waals surface area (Å²) < 4.78 is 9.32. The van der Waals surface area contributed by atoms with Crippen molar-refractivity contribution in [1.82, 2.24) is 24.9 Å². The molecule has 0 aliphatic rings. The zero-order valence-electron chi connectivity index (χ0n) is 22.0. The Hall–Kier alpha value is -4.14. The third-order valence-corrected chi connectivity index (χ3v) is 6.51. The van der Waals surface area contributed by atoms with Gasteiger partial charge in [-0.15, -0.1) is 5.10 Å². The van der Waals surface area contributed by atoms with E-state index in [4.69, 9.17) is 4.74 Å². The normalized spacial score (nSPS) is 12.4. The Morgan fingerprint density at radius 1 is 1.05 bits per heavy atom. The molecule has 4 rings (SSSR count). The van der Waals surface area contributed by atoms with Gasteiger partial charge in [-0.05, 0) is 63.6 Å². The van der Waals surface area contributed by atoms with Crippen molar-refractivity contribution < 1.29 is 14.3 Å². The lowest BCUT2D eigenvalue weighted by Crippen LogP contribution is -2.51. The first-order chi connectivity index (χ1) is 17.8. The molecule has 0 spiro atoms. The van der Waals surface area contributed by atoms with Gasteiger partial charge in [-0.3, -0.25) is 14.5 Å². The molecule has 0 radical (unpaired) electrons. The Bertz CT molecular complexity index is 1390. The van der Waals surface area contributed by atoms with E-state index in [2.05, 4.69) is 15.6 Å². The van der Waals surface area contributed by atoms with Gasteiger partial charge < -0.3 is 14.6 Å². The maximum atomic E-state index is 14.2. The molecule has 0 saturated heterocycles. The lowest BCUT2D eigenvalue weighted by Gasteiger charge is -2.35. The summed E-state index contributed by atoms with van der Waals surface area (Å²) in [5.41, 5.74) is 2.15. The largest absolute Gasteiger partial charge is 0.492 e. The van der Waals surface area contributed by atoms with E-state index in [-0.39, 0.29) is 18.4 Å². The summed E-state index contributed by atoms with van der Waals surface area (Å²) in [5, 5.41) is 11.5. The number of carbonyl (C=O) groups is 2. The number of hydrogen-bond acceptors (Lipinski definition) is 5. The van der Waals surface area contributed by atoms with E-state index in [1.807, 2.05) is 94.0 Å². The minimum atomic E-state index is -0.949. The summed E-state index contributed by atoms with van der Waals surface area (Å²) in [4.78, 5) is 29.7. The van der Waals surface area contributed by atoms with Crippen LogP contribution in [0, 0.1) is 0 Å². The van der Waals surface area contributed by atoms with E-state index in [1.54, 1.807) is 16.8 Å². The molecule has 2 heterocycles. The number of nitrogens with one attached hydrogen (secondary N) is 1. The van der Waals surface area contributed by atoms with Gasteiger partial charge in [0.25, 0.3) is 0 Å².